The first-order valence-electron chi connectivity index (χ1n) is 10.0. The Morgan fingerprint density at radius 2 is 1.85 bits per heavy atom. The highest BCUT2D eigenvalue weighted by Crippen LogP contribution is 2.19. The third-order valence-electron chi connectivity index (χ3n) is 5.25. The van der Waals surface area contributed by atoms with Crippen molar-refractivity contribution in [2.75, 3.05) is 66.0 Å². The number of carbonyl (C=O) groups excluding carboxylic acids is 1. The van der Waals surface area contributed by atoms with E-state index in [0.717, 1.165) is 51.8 Å². The Bertz CT molecular complexity index is 394. The van der Waals surface area contributed by atoms with E-state index in [-0.39, 0.29) is 36.8 Å². The molecular formula is C19H40Cl2N4O2. The molecule has 0 aliphatic carbocycles. The summed E-state index contributed by atoms with van der Waals surface area (Å²) in [7, 11) is 2.01. The molecule has 2 rings (SSSR count). The van der Waals surface area contributed by atoms with E-state index in [4.69, 9.17) is 4.74 Å². The van der Waals surface area contributed by atoms with Crippen LogP contribution in [0, 0.1) is 11.8 Å². The molecule has 27 heavy (non-hydrogen) atoms. The molecule has 2 fully saturated rings. The van der Waals surface area contributed by atoms with Crippen LogP contribution in [0.15, 0.2) is 0 Å². The molecule has 0 aromatic rings. The van der Waals surface area contributed by atoms with E-state index in [9.17, 15) is 4.79 Å². The Labute approximate surface area is 177 Å². The van der Waals surface area contributed by atoms with Crippen LogP contribution in [0.2, 0.25) is 0 Å². The van der Waals surface area contributed by atoms with Crippen LogP contribution >= 0.6 is 24.8 Å². The van der Waals surface area contributed by atoms with Crippen LogP contribution in [0.1, 0.15) is 33.1 Å². The third kappa shape index (κ3) is 10.9. The number of hydrogen-bond donors (Lipinski definition) is 2. The van der Waals surface area contributed by atoms with Gasteiger partial charge >= 0.3 is 0 Å². The number of likely N-dealkylation sites (tertiary alicyclic amines) is 1. The predicted molar refractivity (Wildman–Crippen MR) is 116 cm³/mol. The summed E-state index contributed by atoms with van der Waals surface area (Å²) in [5, 5.41) is 6.30. The Kier molecular flexibility index (Phi) is 14.8. The molecule has 162 valence electrons. The van der Waals surface area contributed by atoms with E-state index < -0.39 is 0 Å². The lowest BCUT2D eigenvalue weighted by Crippen LogP contribution is -2.49. The number of piperidine rings is 1. The summed E-state index contributed by atoms with van der Waals surface area (Å²) in [6.45, 7) is 12.6. The van der Waals surface area contributed by atoms with Gasteiger partial charge in [0.2, 0.25) is 5.91 Å². The average Bonchev–Trinajstić information content (AvgIpc) is 2.59. The fourth-order valence-electron chi connectivity index (χ4n) is 3.85. The minimum absolute atomic E-state index is 0. The molecule has 6 nitrogen and oxygen atoms in total. The molecule has 0 spiro atoms. The number of hydrogen-bond acceptors (Lipinski definition) is 5. The zero-order valence-corrected chi connectivity index (χ0v) is 18.9. The number of halogens is 2. The van der Waals surface area contributed by atoms with Crippen molar-refractivity contribution in [1.82, 2.24) is 20.4 Å². The third-order valence-corrected chi connectivity index (χ3v) is 5.25. The van der Waals surface area contributed by atoms with Crippen molar-refractivity contribution in [3.63, 3.8) is 0 Å². The van der Waals surface area contributed by atoms with Gasteiger partial charge in [-0.15, -0.1) is 24.8 Å². The lowest BCUT2D eigenvalue weighted by Gasteiger charge is -2.34. The number of nitrogens with zero attached hydrogens (tertiary/aromatic N) is 2. The van der Waals surface area contributed by atoms with Gasteiger partial charge < -0.3 is 15.4 Å². The Morgan fingerprint density at radius 3 is 2.48 bits per heavy atom. The highest BCUT2D eigenvalue weighted by atomic mass is 35.5. The smallest absolute Gasteiger partial charge is 0.234 e. The van der Waals surface area contributed by atoms with Gasteiger partial charge in [0.1, 0.15) is 0 Å². The van der Waals surface area contributed by atoms with Gasteiger partial charge in [-0.05, 0) is 57.8 Å². The largest absolute Gasteiger partial charge is 0.374 e. The minimum Gasteiger partial charge on any atom is -0.374 e. The molecule has 2 aliphatic rings. The van der Waals surface area contributed by atoms with Gasteiger partial charge in [0.15, 0.2) is 0 Å². The van der Waals surface area contributed by atoms with Gasteiger partial charge in [-0.1, -0.05) is 13.8 Å². The average molecular weight is 427 g/mol. The normalized spacial score (nSPS) is 22.1. The highest BCUT2D eigenvalue weighted by Gasteiger charge is 2.23. The lowest BCUT2D eigenvalue weighted by atomic mass is 9.93. The standard InChI is InChI=1S/C19H38N4O2.2ClH/c1-16(2)13-23-10-11-25-18(14-23)12-21-19(24)15-22-8-5-17(6-9-22)4-7-20-3;;/h16-18,20H,4-15H2,1-3H3,(H,21,24);2*1H. The van der Waals surface area contributed by atoms with E-state index in [1.807, 2.05) is 7.05 Å². The van der Waals surface area contributed by atoms with E-state index in [2.05, 4.69) is 34.3 Å². The molecule has 0 bridgehead atoms. The van der Waals surface area contributed by atoms with Gasteiger partial charge in [0, 0.05) is 26.2 Å². The predicted octanol–water partition coefficient (Wildman–Crippen LogP) is 1.62. The van der Waals surface area contributed by atoms with Crippen molar-refractivity contribution >= 4 is 30.7 Å². The molecule has 2 saturated heterocycles. The van der Waals surface area contributed by atoms with Crippen LogP contribution in [-0.2, 0) is 9.53 Å². The Morgan fingerprint density at radius 1 is 1.15 bits per heavy atom. The molecule has 0 saturated carbocycles. The van der Waals surface area contributed by atoms with Gasteiger partial charge in [-0.3, -0.25) is 14.6 Å². The minimum atomic E-state index is 0. The summed E-state index contributed by atoms with van der Waals surface area (Å²) in [5.74, 6) is 1.62. The van der Waals surface area contributed by atoms with E-state index in [1.54, 1.807) is 0 Å². The molecule has 2 heterocycles. The molecule has 2 N–H and O–H groups in total. The highest BCUT2D eigenvalue weighted by molar-refractivity contribution is 5.85. The molecule has 2 aliphatic heterocycles. The van der Waals surface area contributed by atoms with Crippen LogP contribution in [0.4, 0.5) is 0 Å². The SMILES string of the molecule is CNCCC1CCN(CC(=O)NCC2CN(CC(C)C)CCO2)CC1.Cl.Cl. The molecule has 1 unspecified atom stereocenters. The number of carbonyl (C=O) groups is 1. The maximum absolute atomic E-state index is 12.2. The van der Waals surface area contributed by atoms with Crippen LogP contribution in [0.3, 0.4) is 0 Å². The summed E-state index contributed by atoms with van der Waals surface area (Å²) < 4.78 is 5.81. The van der Waals surface area contributed by atoms with Gasteiger partial charge in [0.25, 0.3) is 0 Å². The van der Waals surface area contributed by atoms with Crippen molar-refractivity contribution in [3.05, 3.63) is 0 Å². The van der Waals surface area contributed by atoms with Gasteiger partial charge in [-0.2, -0.15) is 0 Å². The number of ether oxygens (including phenoxy) is 1. The number of morpholine rings is 1. The fraction of sp³-hybridized carbons (Fsp3) is 0.947. The molecule has 1 amide bonds. The molecule has 8 heteroatoms. The lowest BCUT2D eigenvalue weighted by molar-refractivity contribution is -0.123. The van der Waals surface area contributed by atoms with Crippen molar-refractivity contribution < 1.29 is 9.53 Å². The summed E-state index contributed by atoms with van der Waals surface area (Å²) >= 11 is 0. The molecule has 0 aromatic carbocycles. The van der Waals surface area contributed by atoms with E-state index in [1.165, 1.54) is 19.3 Å². The monoisotopic (exact) mass is 426 g/mol. The maximum Gasteiger partial charge on any atom is 0.234 e. The quantitative estimate of drug-likeness (QED) is 0.586. The summed E-state index contributed by atoms with van der Waals surface area (Å²) in [6.07, 6.45) is 3.81. The number of rotatable bonds is 9. The number of nitrogens with one attached hydrogen (secondary N) is 2. The van der Waals surface area contributed by atoms with Crippen molar-refractivity contribution in [1.29, 1.82) is 0 Å². The van der Waals surface area contributed by atoms with Crippen LogP contribution < -0.4 is 10.6 Å². The first kappa shape index (κ1) is 26.9. The van der Waals surface area contributed by atoms with Crippen molar-refractivity contribution in [2.45, 2.75) is 39.2 Å². The summed E-state index contributed by atoms with van der Waals surface area (Å²) in [6, 6.07) is 0. The second kappa shape index (κ2) is 14.8. The fourth-order valence-corrected chi connectivity index (χ4v) is 3.85. The van der Waals surface area contributed by atoms with Crippen molar-refractivity contribution in [2.24, 2.45) is 11.8 Å². The second-order valence-corrected chi connectivity index (χ2v) is 8.06. The zero-order valence-electron chi connectivity index (χ0n) is 17.2. The van der Waals surface area contributed by atoms with Crippen LogP contribution in [0.5, 0.6) is 0 Å². The first-order valence-corrected chi connectivity index (χ1v) is 10.0. The molecule has 0 radical (unpaired) electrons. The van der Waals surface area contributed by atoms with E-state index in [0.29, 0.717) is 19.0 Å². The second-order valence-electron chi connectivity index (χ2n) is 8.06. The topological polar surface area (TPSA) is 56.8 Å². The van der Waals surface area contributed by atoms with Crippen molar-refractivity contribution in [3.8, 4) is 0 Å². The molecule has 1 atom stereocenters. The Hall–Kier alpha value is -0.110. The Balaban J connectivity index is 0.00000338. The maximum atomic E-state index is 12.2. The number of amides is 1. The molecule has 0 aromatic heterocycles. The van der Waals surface area contributed by atoms with E-state index >= 15 is 0 Å². The summed E-state index contributed by atoms with van der Waals surface area (Å²) in [5.41, 5.74) is 0. The molecular weight excluding hydrogens is 387 g/mol. The van der Waals surface area contributed by atoms with Crippen LogP contribution in [0.25, 0.3) is 0 Å². The summed E-state index contributed by atoms with van der Waals surface area (Å²) in [4.78, 5) is 17.0. The zero-order chi connectivity index (χ0) is 18.1. The van der Waals surface area contributed by atoms with Gasteiger partial charge in [-0.25, -0.2) is 0 Å². The van der Waals surface area contributed by atoms with Gasteiger partial charge in [0.05, 0.1) is 19.3 Å². The first-order chi connectivity index (χ1) is 12.1. The van der Waals surface area contributed by atoms with Crippen LogP contribution in [-0.4, -0.2) is 87.8 Å².